The lowest BCUT2D eigenvalue weighted by Gasteiger charge is -2.31. The summed E-state index contributed by atoms with van der Waals surface area (Å²) in [5.74, 6) is 1.66. The number of aromatic nitrogens is 4. The van der Waals surface area contributed by atoms with Crippen molar-refractivity contribution in [3.63, 3.8) is 0 Å². The summed E-state index contributed by atoms with van der Waals surface area (Å²) >= 11 is 1.46. The second-order valence-corrected chi connectivity index (χ2v) is 9.66. The zero-order chi connectivity index (χ0) is 22.6. The first-order valence-corrected chi connectivity index (χ1v) is 12.6. The number of hydrogen-bond donors (Lipinski definition) is 0. The normalized spacial score (nSPS) is 20.6. The van der Waals surface area contributed by atoms with E-state index in [1.54, 1.807) is 11.2 Å². The van der Waals surface area contributed by atoms with E-state index in [4.69, 9.17) is 0 Å². The zero-order valence-corrected chi connectivity index (χ0v) is 19.6. The molecule has 2 aliphatic rings. The standard InChI is InChI=1S/C25H28N6OS/c1-18-8-5-6-12-22(18)31-24(20-11-7-14-26-16-20)27-28-25(31)33-17-23(32)30-15-13-21(29-30)19-9-3-2-4-10-19/h2-4,7,9-11,14,16,18,22H,5-6,8,12-13,15,17H2,1H3/t18-,22+/m1/s1. The Labute approximate surface area is 198 Å². The Morgan fingerprint density at radius 1 is 1.06 bits per heavy atom. The molecule has 2 atom stereocenters. The molecule has 0 saturated heterocycles. The molecule has 0 spiro atoms. The van der Waals surface area contributed by atoms with Gasteiger partial charge in [-0.15, -0.1) is 10.2 Å². The minimum absolute atomic E-state index is 0.0000940. The number of thioether (sulfide) groups is 1. The van der Waals surface area contributed by atoms with Crippen molar-refractivity contribution in [2.24, 2.45) is 11.0 Å². The molecule has 0 bridgehead atoms. The van der Waals surface area contributed by atoms with E-state index in [2.05, 4.69) is 31.8 Å². The minimum atomic E-state index is 0.0000940. The Morgan fingerprint density at radius 2 is 1.88 bits per heavy atom. The van der Waals surface area contributed by atoms with Gasteiger partial charge >= 0.3 is 0 Å². The van der Waals surface area contributed by atoms with Crippen LogP contribution in [0, 0.1) is 5.92 Å². The van der Waals surface area contributed by atoms with Gasteiger partial charge < -0.3 is 0 Å². The largest absolute Gasteiger partial charge is 0.299 e. The van der Waals surface area contributed by atoms with Gasteiger partial charge in [-0.1, -0.05) is 61.9 Å². The van der Waals surface area contributed by atoms with Crippen LogP contribution in [0.5, 0.6) is 0 Å². The van der Waals surface area contributed by atoms with E-state index in [-0.39, 0.29) is 11.7 Å². The molecule has 1 amide bonds. The number of hydrogen-bond acceptors (Lipinski definition) is 6. The molecule has 5 rings (SSSR count). The molecule has 33 heavy (non-hydrogen) atoms. The van der Waals surface area contributed by atoms with Crippen LogP contribution in [0.2, 0.25) is 0 Å². The summed E-state index contributed by atoms with van der Waals surface area (Å²) in [5, 5.41) is 16.0. The number of nitrogens with zero attached hydrogens (tertiary/aromatic N) is 6. The number of rotatable bonds is 6. The number of carbonyl (C=O) groups is 1. The first-order valence-electron chi connectivity index (χ1n) is 11.6. The molecule has 3 aromatic rings. The maximum absolute atomic E-state index is 13.0. The Hall–Kier alpha value is -3.00. The highest BCUT2D eigenvalue weighted by Crippen LogP contribution is 2.39. The molecule has 0 N–H and O–H groups in total. The van der Waals surface area contributed by atoms with Crippen molar-refractivity contribution in [2.45, 2.75) is 50.2 Å². The molecule has 1 saturated carbocycles. The van der Waals surface area contributed by atoms with Crippen molar-refractivity contribution in [3.8, 4) is 11.4 Å². The molecule has 0 radical (unpaired) electrons. The van der Waals surface area contributed by atoms with Crippen LogP contribution in [0.15, 0.2) is 65.1 Å². The van der Waals surface area contributed by atoms with Gasteiger partial charge in [-0.25, -0.2) is 5.01 Å². The Balaban J connectivity index is 1.35. The van der Waals surface area contributed by atoms with Crippen LogP contribution in [-0.4, -0.2) is 48.7 Å². The Bertz CT molecular complexity index is 1130. The first-order chi connectivity index (χ1) is 16.2. The van der Waals surface area contributed by atoms with Gasteiger partial charge in [0.25, 0.3) is 5.91 Å². The van der Waals surface area contributed by atoms with E-state index in [9.17, 15) is 4.79 Å². The van der Waals surface area contributed by atoms with Crippen LogP contribution in [-0.2, 0) is 4.79 Å². The maximum atomic E-state index is 13.0. The first kappa shape index (κ1) is 21.8. The predicted octanol–water partition coefficient (Wildman–Crippen LogP) is 4.82. The Morgan fingerprint density at radius 3 is 2.67 bits per heavy atom. The van der Waals surface area contributed by atoms with Crippen molar-refractivity contribution in [1.29, 1.82) is 0 Å². The predicted molar refractivity (Wildman–Crippen MR) is 130 cm³/mol. The van der Waals surface area contributed by atoms with Crippen LogP contribution < -0.4 is 0 Å². The molecular weight excluding hydrogens is 432 g/mol. The molecule has 170 valence electrons. The van der Waals surface area contributed by atoms with Gasteiger partial charge in [0.15, 0.2) is 11.0 Å². The lowest BCUT2D eigenvalue weighted by molar-refractivity contribution is -0.127. The summed E-state index contributed by atoms with van der Waals surface area (Å²) in [7, 11) is 0. The number of pyridine rings is 1. The van der Waals surface area contributed by atoms with Gasteiger partial charge in [0.1, 0.15) is 0 Å². The molecule has 7 nitrogen and oxygen atoms in total. The van der Waals surface area contributed by atoms with Crippen LogP contribution in [0.25, 0.3) is 11.4 Å². The topological polar surface area (TPSA) is 76.3 Å². The highest BCUT2D eigenvalue weighted by atomic mass is 32.2. The number of hydrazone groups is 1. The third-order valence-corrected chi connectivity index (χ3v) is 7.43. The SMILES string of the molecule is C[C@@H]1CCCC[C@@H]1n1c(SCC(=O)N2CCC(c3ccccc3)=N2)nnc1-c1cccnc1. The molecule has 1 aliphatic heterocycles. The van der Waals surface area contributed by atoms with Crippen molar-refractivity contribution in [1.82, 2.24) is 24.8 Å². The summed E-state index contributed by atoms with van der Waals surface area (Å²) in [5.41, 5.74) is 3.00. The van der Waals surface area contributed by atoms with E-state index >= 15 is 0 Å². The van der Waals surface area contributed by atoms with Crippen LogP contribution in [0.1, 0.15) is 50.6 Å². The fourth-order valence-corrected chi connectivity index (χ4v) is 5.58. The van der Waals surface area contributed by atoms with E-state index < -0.39 is 0 Å². The molecule has 0 unspecified atom stereocenters. The second kappa shape index (κ2) is 9.87. The maximum Gasteiger partial charge on any atom is 0.253 e. The minimum Gasteiger partial charge on any atom is -0.299 e. The summed E-state index contributed by atoms with van der Waals surface area (Å²) in [4.78, 5) is 17.2. The summed E-state index contributed by atoms with van der Waals surface area (Å²) in [6.45, 7) is 2.93. The lowest BCUT2D eigenvalue weighted by atomic mass is 9.85. The molecule has 1 aromatic carbocycles. The van der Waals surface area contributed by atoms with Gasteiger partial charge in [0, 0.05) is 30.4 Å². The van der Waals surface area contributed by atoms with Gasteiger partial charge in [-0.2, -0.15) is 5.10 Å². The summed E-state index contributed by atoms with van der Waals surface area (Å²) < 4.78 is 2.25. The average molecular weight is 461 g/mol. The van der Waals surface area contributed by atoms with Crippen molar-refractivity contribution >= 4 is 23.4 Å². The van der Waals surface area contributed by atoms with Crippen LogP contribution in [0.3, 0.4) is 0 Å². The van der Waals surface area contributed by atoms with Crippen LogP contribution in [0.4, 0.5) is 0 Å². The van der Waals surface area contributed by atoms with Gasteiger partial charge in [-0.05, 0) is 36.5 Å². The van der Waals surface area contributed by atoms with Crippen molar-refractivity contribution in [2.75, 3.05) is 12.3 Å². The van der Waals surface area contributed by atoms with E-state index in [0.717, 1.165) is 40.7 Å². The van der Waals surface area contributed by atoms with Crippen molar-refractivity contribution in [3.05, 3.63) is 60.4 Å². The van der Waals surface area contributed by atoms with Gasteiger partial charge in [0.05, 0.1) is 18.0 Å². The third kappa shape index (κ3) is 4.71. The molecule has 3 heterocycles. The van der Waals surface area contributed by atoms with E-state index in [1.165, 1.54) is 31.0 Å². The van der Waals surface area contributed by atoms with Gasteiger partial charge in [-0.3, -0.25) is 14.3 Å². The molecule has 1 fully saturated rings. The molecule has 8 heteroatoms. The summed E-state index contributed by atoms with van der Waals surface area (Å²) in [6.07, 6.45) is 9.14. The monoisotopic (exact) mass is 460 g/mol. The summed E-state index contributed by atoms with van der Waals surface area (Å²) in [6, 6.07) is 14.3. The molecule has 1 aliphatic carbocycles. The quantitative estimate of drug-likeness (QED) is 0.493. The highest BCUT2D eigenvalue weighted by Gasteiger charge is 2.29. The number of carbonyl (C=O) groups excluding carboxylic acids is 1. The smallest absolute Gasteiger partial charge is 0.253 e. The van der Waals surface area contributed by atoms with Crippen LogP contribution >= 0.6 is 11.8 Å². The number of benzene rings is 1. The average Bonchev–Trinajstić information content (AvgIpc) is 3.52. The molecule has 2 aromatic heterocycles. The fourth-order valence-electron chi connectivity index (χ4n) is 4.72. The van der Waals surface area contributed by atoms with E-state index in [1.807, 2.05) is 48.7 Å². The zero-order valence-electron chi connectivity index (χ0n) is 18.8. The second-order valence-electron chi connectivity index (χ2n) is 8.72. The number of amides is 1. The third-order valence-electron chi connectivity index (χ3n) is 6.50. The Kier molecular flexibility index (Phi) is 6.53. The van der Waals surface area contributed by atoms with Crippen molar-refractivity contribution < 1.29 is 4.79 Å². The highest BCUT2D eigenvalue weighted by molar-refractivity contribution is 7.99. The van der Waals surface area contributed by atoms with Gasteiger partial charge in [0.2, 0.25) is 0 Å². The fraction of sp³-hybridized carbons (Fsp3) is 0.400. The lowest BCUT2D eigenvalue weighted by Crippen LogP contribution is -2.26. The molecular formula is C25H28N6OS. The van der Waals surface area contributed by atoms with E-state index in [0.29, 0.717) is 18.5 Å².